The summed E-state index contributed by atoms with van der Waals surface area (Å²) in [4.78, 5) is 4.64. The predicted molar refractivity (Wildman–Crippen MR) is 72.2 cm³/mol. The van der Waals surface area contributed by atoms with Gasteiger partial charge in [-0.05, 0) is 19.8 Å². The third kappa shape index (κ3) is 2.06. The summed E-state index contributed by atoms with van der Waals surface area (Å²) in [6.45, 7) is 3.44. The largest absolute Gasteiger partial charge is 0.381 e. The molecule has 0 bridgehead atoms. The molecule has 1 aliphatic carbocycles. The minimum absolute atomic E-state index is 0.0870. The molecular weight excluding hydrogens is 258 g/mol. The predicted octanol–water partition coefficient (Wildman–Crippen LogP) is 1.49. The highest BCUT2D eigenvalue weighted by atomic mass is 16.5. The molecule has 2 heterocycles. The van der Waals surface area contributed by atoms with Crippen LogP contribution in [0.5, 0.6) is 0 Å². The Morgan fingerprint density at radius 1 is 1.30 bits per heavy atom. The molecule has 6 heteroatoms. The summed E-state index contributed by atoms with van der Waals surface area (Å²) >= 11 is 0. The Labute approximate surface area is 119 Å². The van der Waals surface area contributed by atoms with Gasteiger partial charge in [-0.25, -0.2) is 0 Å². The van der Waals surface area contributed by atoms with E-state index in [0.717, 1.165) is 32.1 Å². The number of nitrogens with two attached hydrogens (primary N) is 1. The van der Waals surface area contributed by atoms with Crippen molar-refractivity contribution >= 4 is 0 Å². The van der Waals surface area contributed by atoms with Crippen molar-refractivity contribution in [2.75, 3.05) is 20.3 Å². The molecule has 0 radical (unpaired) electrons. The molecule has 2 fully saturated rings. The van der Waals surface area contributed by atoms with Gasteiger partial charge in [0.1, 0.15) is 5.60 Å². The van der Waals surface area contributed by atoms with Crippen molar-refractivity contribution in [1.29, 1.82) is 0 Å². The molecule has 6 nitrogen and oxygen atoms in total. The lowest BCUT2D eigenvalue weighted by Crippen LogP contribution is -2.39. The molecule has 2 atom stereocenters. The second-order valence-electron chi connectivity index (χ2n) is 6.15. The van der Waals surface area contributed by atoms with Crippen molar-refractivity contribution in [1.82, 2.24) is 10.1 Å². The summed E-state index contributed by atoms with van der Waals surface area (Å²) in [5, 5.41) is 4.18. The molecule has 1 saturated heterocycles. The van der Waals surface area contributed by atoms with Crippen LogP contribution in [0.15, 0.2) is 4.52 Å². The Balaban J connectivity index is 1.89. The van der Waals surface area contributed by atoms with Gasteiger partial charge < -0.3 is 19.7 Å². The van der Waals surface area contributed by atoms with Crippen molar-refractivity contribution in [3.05, 3.63) is 11.7 Å². The van der Waals surface area contributed by atoms with Crippen LogP contribution in [0.3, 0.4) is 0 Å². The number of hydrogen-bond acceptors (Lipinski definition) is 6. The van der Waals surface area contributed by atoms with Gasteiger partial charge in [-0.3, -0.25) is 0 Å². The first-order valence-corrected chi connectivity index (χ1v) is 7.34. The summed E-state index contributed by atoms with van der Waals surface area (Å²) in [5.74, 6) is 1.29. The molecule has 1 aromatic rings. The van der Waals surface area contributed by atoms with E-state index in [1.54, 1.807) is 7.11 Å². The first-order chi connectivity index (χ1) is 9.61. The average Bonchev–Trinajstić information content (AvgIpc) is 3.09. The van der Waals surface area contributed by atoms with Crippen molar-refractivity contribution in [2.45, 2.75) is 56.1 Å². The minimum atomic E-state index is -0.473. The Hall–Kier alpha value is -0.980. The highest BCUT2D eigenvalue weighted by Crippen LogP contribution is 2.41. The molecule has 1 saturated carbocycles. The van der Waals surface area contributed by atoms with Crippen LogP contribution in [0.1, 0.15) is 50.7 Å². The van der Waals surface area contributed by atoms with E-state index in [1.807, 2.05) is 0 Å². The summed E-state index contributed by atoms with van der Waals surface area (Å²) in [7, 11) is 1.70. The molecule has 3 rings (SSSR count). The Morgan fingerprint density at radius 2 is 2.05 bits per heavy atom. The lowest BCUT2D eigenvalue weighted by molar-refractivity contribution is -0.101. The fraction of sp³-hybridized carbons (Fsp3) is 0.857. The number of methoxy groups -OCH3 is 1. The fourth-order valence-electron chi connectivity index (χ4n) is 3.32. The Morgan fingerprint density at radius 3 is 2.65 bits per heavy atom. The number of ether oxygens (including phenoxy) is 2. The maximum atomic E-state index is 6.22. The summed E-state index contributed by atoms with van der Waals surface area (Å²) in [6.07, 6.45) is 4.63. The van der Waals surface area contributed by atoms with Crippen molar-refractivity contribution in [3.63, 3.8) is 0 Å². The standard InChI is InChI=1S/C14H23N3O3/c1-13(5-3-4-10(13)15)12-16-11(17-20-12)14(18-2)6-8-19-9-7-14/h10H,3-9,15H2,1-2H3. The number of nitrogens with zero attached hydrogens (tertiary/aromatic N) is 2. The molecule has 112 valence electrons. The molecule has 2 unspecified atom stereocenters. The molecule has 1 aromatic heterocycles. The number of rotatable bonds is 3. The van der Waals surface area contributed by atoms with Gasteiger partial charge in [0, 0.05) is 39.2 Å². The zero-order valence-electron chi connectivity index (χ0n) is 12.2. The molecule has 20 heavy (non-hydrogen) atoms. The van der Waals surface area contributed by atoms with E-state index in [-0.39, 0.29) is 11.5 Å². The SMILES string of the molecule is COC1(c2noc(C3(C)CCCC3N)n2)CCOCC1. The summed E-state index contributed by atoms with van der Waals surface area (Å²) < 4.78 is 16.6. The van der Waals surface area contributed by atoms with E-state index in [9.17, 15) is 0 Å². The van der Waals surface area contributed by atoms with Crippen LogP contribution in [0.2, 0.25) is 0 Å². The van der Waals surface area contributed by atoms with Crippen LogP contribution >= 0.6 is 0 Å². The van der Waals surface area contributed by atoms with Crippen molar-refractivity contribution in [3.8, 4) is 0 Å². The molecular formula is C14H23N3O3. The highest BCUT2D eigenvalue weighted by molar-refractivity contribution is 5.14. The molecule has 2 N–H and O–H groups in total. The van der Waals surface area contributed by atoms with Gasteiger partial charge in [0.2, 0.25) is 11.7 Å². The van der Waals surface area contributed by atoms with Crippen LogP contribution < -0.4 is 5.73 Å². The highest BCUT2D eigenvalue weighted by Gasteiger charge is 2.45. The second-order valence-corrected chi connectivity index (χ2v) is 6.15. The molecule has 1 aliphatic heterocycles. The van der Waals surface area contributed by atoms with Crippen LogP contribution in [0, 0.1) is 0 Å². The zero-order valence-corrected chi connectivity index (χ0v) is 12.2. The quantitative estimate of drug-likeness (QED) is 0.903. The van der Waals surface area contributed by atoms with Gasteiger partial charge in [0.05, 0.1) is 5.41 Å². The van der Waals surface area contributed by atoms with Crippen LogP contribution in [-0.4, -0.2) is 36.5 Å². The van der Waals surface area contributed by atoms with Crippen molar-refractivity contribution in [2.24, 2.45) is 5.73 Å². The van der Waals surface area contributed by atoms with Crippen LogP contribution in [0.4, 0.5) is 0 Å². The van der Waals surface area contributed by atoms with E-state index in [2.05, 4.69) is 17.1 Å². The third-order valence-electron chi connectivity index (χ3n) is 5.04. The number of hydrogen-bond donors (Lipinski definition) is 1. The average molecular weight is 281 g/mol. The first-order valence-electron chi connectivity index (χ1n) is 7.34. The lowest BCUT2D eigenvalue weighted by Gasteiger charge is -2.32. The lowest BCUT2D eigenvalue weighted by atomic mass is 9.85. The number of aromatic nitrogens is 2. The van der Waals surface area contributed by atoms with Crippen LogP contribution in [0.25, 0.3) is 0 Å². The van der Waals surface area contributed by atoms with E-state index in [0.29, 0.717) is 24.9 Å². The monoisotopic (exact) mass is 281 g/mol. The Kier molecular flexibility index (Phi) is 3.56. The van der Waals surface area contributed by atoms with Gasteiger partial charge in [0.15, 0.2) is 0 Å². The van der Waals surface area contributed by atoms with Gasteiger partial charge in [-0.2, -0.15) is 4.98 Å². The normalized spacial score (nSPS) is 33.5. The topological polar surface area (TPSA) is 83.4 Å². The molecule has 2 aliphatic rings. The third-order valence-corrected chi connectivity index (χ3v) is 5.04. The molecule has 0 amide bonds. The maximum absolute atomic E-state index is 6.22. The first kappa shape index (κ1) is 14.0. The Bertz CT molecular complexity index is 470. The van der Waals surface area contributed by atoms with E-state index in [4.69, 9.17) is 19.7 Å². The van der Waals surface area contributed by atoms with Gasteiger partial charge >= 0.3 is 0 Å². The minimum Gasteiger partial charge on any atom is -0.381 e. The molecule has 0 aromatic carbocycles. The van der Waals surface area contributed by atoms with E-state index < -0.39 is 5.60 Å². The van der Waals surface area contributed by atoms with Crippen LogP contribution in [-0.2, 0) is 20.5 Å². The van der Waals surface area contributed by atoms with E-state index in [1.165, 1.54) is 0 Å². The van der Waals surface area contributed by atoms with Gasteiger partial charge in [0.25, 0.3) is 0 Å². The van der Waals surface area contributed by atoms with Crippen molar-refractivity contribution < 1.29 is 14.0 Å². The van der Waals surface area contributed by atoms with E-state index >= 15 is 0 Å². The van der Waals surface area contributed by atoms with Gasteiger partial charge in [-0.1, -0.05) is 11.6 Å². The second kappa shape index (κ2) is 5.09. The maximum Gasteiger partial charge on any atom is 0.234 e. The smallest absolute Gasteiger partial charge is 0.234 e. The molecule has 0 spiro atoms. The summed E-state index contributed by atoms with van der Waals surface area (Å²) in [5.41, 5.74) is 5.54. The fourth-order valence-corrected chi connectivity index (χ4v) is 3.32. The zero-order chi connectivity index (χ0) is 14.2. The summed E-state index contributed by atoms with van der Waals surface area (Å²) in [6, 6.07) is 0.0870. The van der Waals surface area contributed by atoms with Gasteiger partial charge in [-0.15, -0.1) is 0 Å².